The van der Waals surface area contributed by atoms with Crippen LogP contribution in [0.2, 0.25) is 0 Å². The van der Waals surface area contributed by atoms with Gasteiger partial charge in [-0.05, 0) is 13.8 Å². The molecule has 0 aliphatic carbocycles. The molecule has 2 aromatic heterocycles. The van der Waals surface area contributed by atoms with Gasteiger partial charge in [0.15, 0.2) is 11.6 Å². The average Bonchev–Trinajstić information content (AvgIpc) is 3.54. The summed E-state index contributed by atoms with van der Waals surface area (Å²) >= 11 is 2.71. The summed E-state index contributed by atoms with van der Waals surface area (Å²) in [5, 5.41) is 18.5. The molecule has 2 heterocycles. The Morgan fingerprint density at radius 3 is 2.67 bits per heavy atom. The highest BCUT2D eigenvalue weighted by Gasteiger charge is 2.24. The normalized spacial score (nSPS) is 11.8. The number of nitrogens with zero attached hydrogens (tertiary/aromatic N) is 4. The number of aromatic hydroxyl groups is 1. The molecule has 0 aliphatic rings. The van der Waals surface area contributed by atoms with Crippen molar-refractivity contribution in [2.24, 2.45) is 0 Å². The van der Waals surface area contributed by atoms with Crippen LogP contribution in [-0.2, 0) is 10.5 Å². The van der Waals surface area contributed by atoms with Crippen LogP contribution in [0.1, 0.15) is 39.2 Å². The molecule has 0 spiro atoms. The van der Waals surface area contributed by atoms with E-state index in [4.69, 9.17) is 14.0 Å². The third kappa shape index (κ3) is 5.60. The van der Waals surface area contributed by atoms with E-state index in [0.717, 1.165) is 5.56 Å². The molecule has 12 heteroatoms. The smallest absolute Gasteiger partial charge is 0.338 e. The maximum Gasteiger partial charge on any atom is 0.338 e. The van der Waals surface area contributed by atoms with E-state index in [-0.39, 0.29) is 17.4 Å². The molecule has 1 unspecified atom stereocenters. The summed E-state index contributed by atoms with van der Waals surface area (Å²) < 4.78 is 20.1. The number of phenolic OH excluding ortho intramolecular Hbond substituents is 1. The molecule has 36 heavy (non-hydrogen) atoms. The summed E-state index contributed by atoms with van der Waals surface area (Å²) in [4.78, 5) is 21.5. The fourth-order valence-electron chi connectivity index (χ4n) is 3.58. The number of hydrogen-bond acceptors (Lipinski definition) is 12. The summed E-state index contributed by atoms with van der Waals surface area (Å²) in [6.45, 7) is 3.50. The first-order valence-electron chi connectivity index (χ1n) is 10.9. The summed E-state index contributed by atoms with van der Waals surface area (Å²) in [5.74, 6) is 2.18. The third-order valence-electron chi connectivity index (χ3n) is 5.36. The number of benzene rings is 2. The lowest BCUT2D eigenvalue weighted by Crippen LogP contribution is -2.15. The van der Waals surface area contributed by atoms with Crippen LogP contribution in [0.5, 0.6) is 11.5 Å². The van der Waals surface area contributed by atoms with Crippen LogP contribution in [0.3, 0.4) is 0 Å². The summed E-state index contributed by atoms with van der Waals surface area (Å²) in [5.41, 5.74) is 2.27. The van der Waals surface area contributed by atoms with Crippen molar-refractivity contribution in [3.63, 3.8) is 0 Å². The molecule has 2 aromatic carbocycles. The minimum Gasteiger partial charge on any atom is -0.507 e. The zero-order valence-corrected chi connectivity index (χ0v) is 21.8. The molecular weight excluding hydrogens is 502 g/mol. The average molecular weight is 528 g/mol. The van der Waals surface area contributed by atoms with E-state index >= 15 is 0 Å². The molecule has 1 atom stereocenters. The summed E-state index contributed by atoms with van der Waals surface area (Å²) in [6.07, 6.45) is 0. The molecule has 10 nitrogen and oxygen atoms in total. The lowest BCUT2D eigenvalue weighted by molar-refractivity contribution is 0.0598. The van der Waals surface area contributed by atoms with Crippen molar-refractivity contribution >= 4 is 34.4 Å². The SMILES string of the molecule is COC(=O)c1c(C)c(OC)cc(O)c1CSCC(Nc1nc(-c2ccccc2)ns1)c1nc(C)no1. The van der Waals surface area contributed by atoms with Gasteiger partial charge in [0.05, 0.1) is 19.8 Å². The second-order valence-electron chi connectivity index (χ2n) is 7.75. The van der Waals surface area contributed by atoms with Crippen molar-refractivity contribution in [2.45, 2.75) is 25.6 Å². The first-order chi connectivity index (χ1) is 17.4. The number of phenols is 1. The second kappa shape index (κ2) is 11.4. The number of ether oxygens (including phenoxy) is 2. The van der Waals surface area contributed by atoms with Gasteiger partial charge in [0.25, 0.3) is 0 Å². The Kier molecular flexibility index (Phi) is 8.06. The van der Waals surface area contributed by atoms with Gasteiger partial charge >= 0.3 is 5.97 Å². The fourth-order valence-corrected chi connectivity index (χ4v) is 5.29. The van der Waals surface area contributed by atoms with Gasteiger partial charge in [-0.2, -0.15) is 26.1 Å². The number of carbonyl (C=O) groups excluding carboxylic acids is 1. The minimum atomic E-state index is -0.540. The number of thioether (sulfide) groups is 1. The van der Waals surface area contributed by atoms with E-state index in [2.05, 4.69) is 24.8 Å². The molecular formula is C24H25N5O5S2. The van der Waals surface area contributed by atoms with Gasteiger partial charge in [0.1, 0.15) is 17.5 Å². The van der Waals surface area contributed by atoms with E-state index in [1.165, 1.54) is 43.6 Å². The standard InChI is InChI=1S/C24H25N5O5S2/c1-13-19(32-3)10-18(30)16(20(13)23(31)33-4)11-35-12-17(22-25-14(2)28-34-22)26-24-27-21(29-36-24)15-8-6-5-7-9-15/h5-10,17,30H,11-12H2,1-4H3,(H,26,27,29). The van der Waals surface area contributed by atoms with E-state index in [9.17, 15) is 9.90 Å². The molecule has 0 radical (unpaired) electrons. The monoisotopic (exact) mass is 527 g/mol. The van der Waals surface area contributed by atoms with Crippen molar-refractivity contribution in [3.8, 4) is 22.9 Å². The van der Waals surface area contributed by atoms with Crippen LogP contribution in [-0.4, -0.2) is 50.5 Å². The van der Waals surface area contributed by atoms with Gasteiger partial charge < -0.3 is 24.4 Å². The van der Waals surface area contributed by atoms with E-state index in [1.807, 2.05) is 30.3 Å². The van der Waals surface area contributed by atoms with Crippen molar-refractivity contribution < 1.29 is 23.9 Å². The lowest BCUT2D eigenvalue weighted by atomic mass is 10.0. The van der Waals surface area contributed by atoms with Crippen molar-refractivity contribution in [1.29, 1.82) is 0 Å². The number of anilines is 1. The molecule has 0 aliphatic heterocycles. The Hall–Kier alpha value is -3.64. The van der Waals surface area contributed by atoms with Crippen LogP contribution >= 0.6 is 23.3 Å². The Balaban J connectivity index is 1.54. The number of methoxy groups -OCH3 is 2. The predicted octanol–water partition coefficient (Wildman–Crippen LogP) is 4.79. The van der Waals surface area contributed by atoms with Crippen LogP contribution < -0.4 is 10.1 Å². The van der Waals surface area contributed by atoms with Crippen LogP contribution in [0, 0.1) is 13.8 Å². The largest absolute Gasteiger partial charge is 0.507 e. The second-order valence-corrected chi connectivity index (χ2v) is 9.53. The highest BCUT2D eigenvalue weighted by molar-refractivity contribution is 7.98. The molecule has 0 amide bonds. The van der Waals surface area contributed by atoms with Gasteiger partial charge in [0, 0.05) is 45.8 Å². The number of aryl methyl sites for hydroxylation is 1. The summed E-state index contributed by atoms with van der Waals surface area (Å²) in [6, 6.07) is 10.8. The zero-order valence-electron chi connectivity index (χ0n) is 20.1. The molecule has 0 saturated heterocycles. The highest BCUT2D eigenvalue weighted by Crippen LogP contribution is 2.36. The van der Waals surface area contributed by atoms with Crippen LogP contribution in [0.4, 0.5) is 5.13 Å². The molecule has 4 aromatic rings. The quantitative estimate of drug-likeness (QED) is 0.276. The van der Waals surface area contributed by atoms with Crippen LogP contribution in [0.25, 0.3) is 11.4 Å². The maximum atomic E-state index is 12.5. The molecule has 0 bridgehead atoms. The Morgan fingerprint density at radius 1 is 1.22 bits per heavy atom. The fraction of sp³-hybridized carbons (Fsp3) is 0.292. The topological polar surface area (TPSA) is 132 Å². The predicted molar refractivity (Wildman–Crippen MR) is 138 cm³/mol. The van der Waals surface area contributed by atoms with E-state index < -0.39 is 5.97 Å². The van der Waals surface area contributed by atoms with Crippen molar-refractivity contribution in [3.05, 3.63) is 64.8 Å². The van der Waals surface area contributed by atoms with E-state index in [1.54, 1.807) is 13.8 Å². The van der Waals surface area contributed by atoms with Crippen LogP contribution in [0.15, 0.2) is 40.9 Å². The minimum absolute atomic E-state index is 0.0416. The van der Waals surface area contributed by atoms with Gasteiger partial charge in [-0.15, -0.1) is 0 Å². The van der Waals surface area contributed by atoms with E-state index in [0.29, 0.717) is 51.1 Å². The van der Waals surface area contributed by atoms with Gasteiger partial charge in [0.2, 0.25) is 11.0 Å². The maximum absolute atomic E-state index is 12.5. The van der Waals surface area contributed by atoms with Crippen molar-refractivity contribution in [1.82, 2.24) is 19.5 Å². The Morgan fingerprint density at radius 2 is 2.00 bits per heavy atom. The van der Waals surface area contributed by atoms with Crippen molar-refractivity contribution in [2.75, 3.05) is 25.3 Å². The third-order valence-corrected chi connectivity index (χ3v) is 7.07. The number of carbonyl (C=O) groups is 1. The molecule has 188 valence electrons. The number of aromatic nitrogens is 4. The Bertz CT molecular complexity index is 1340. The highest BCUT2D eigenvalue weighted by atomic mass is 32.2. The molecule has 0 saturated carbocycles. The molecule has 4 rings (SSSR count). The van der Waals surface area contributed by atoms with Gasteiger partial charge in [-0.1, -0.05) is 35.5 Å². The number of esters is 1. The number of nitrogens with one attached hydrogen (secondary N) is 1. The summed E-state index contributed by atoms with van der Waals surface area (Å²) in [7, 11) is 2.79. The van der Waals surface area contributed by atoms with Gasteiger partial charge in [-0.3, -0.25) is 0 Å². The number of rotatable bonds is 10. The lowest BCUT2D eigenvalue weighted by Gasteiger charge is -2.17. The van der Waals surface area contributed by atoms with Gasteiger partial charge in [-0.25, -0.2) is 4.79 Å². The molecule has 2 N–H and O–H groups in total. The number of hydrogen-bond donors (Lipinski definition) is 2. The zero-order chi connectivity index (χ0) is 25.7. The first kappa shape index (κ1) is 25.5. The molecule has 0 fully saturated rings. The Labute approximate surface area is 216 Å². The first-order valence-corrected chi connectivity index (χ1v) is 12.9.